The third kappa shape index (κ3) is 5.61. The third-order valence-corrected chi connectivity index (χ3v) is 4.86. The molecular formula is C21H28N4O3. The fraction of sp³-hybridized carbons (Fsp3) is 0.381. The predicted octanol–water partition coefficient (Wildman–Crippen LogP) is 2.05. The van der Waals surface area contributed by atoms with Gasteiger partial charge in [-0.2, -0.15) is 0 Å². The summed E-state index contributed by atoms with van der Waals surface area (Å²) in [5.41, 5.74) is 8.27. The lowest BCUT2D eigenvalue weighted by Crippen LogP contribution is -2.49. The average molecular weight is 384 g/mol. The van der Waals surface area contributed by atoms with Crippen molar-refractivity contribution in [3.63, 3.8) is 0 Å². The van der Waals surface area contributed by atoms with E-state index in [0.717, 1.165) is 26.2 Å². The van der Waals surface area contributed by atoms with Crippen LogP contribution in [0.5, 0.6) is 5.75 Å². The van der Waals surface area contributed by atoms with Gasteiger partial charge >= 0.3 is 6.03 Å². The molecule has 2 aromatic carbocycles. The Labute approximate surface area is 165 Å². The smallest absolute Gasteiger partial charge is 0.316 e. The van der Waals surface area contributed by atoms with Gasteiger partial charge in [0.2, 0.25) is 0 Å². The third-order valence-electron chi connectivity index (χ3n) is 4.86. The van der Waals surface area contributed by atoms with Gasteiger partial charge in [0.1, 0.15) is 18.5 Å². The van der Waals surface area contributed by atoms with Crippen molar-refractivity contribution in [2.45, 2.75) is 13.0 Å². The first-order valence-electron chi connectivity index (χ1n) is 9.51. The number of urea groups is 1. The van der Waals surface area contributed by atoms with Crippen LogP contribution in [0.25, 0.3) is 0 Å². The zero-order chi connectivity index (χ0) is 19.9. The summed E-state index contributed by atoms with van der Waals surface area (Å²) >= 11 is 0. The number of aliphatic hydroxyl groups is 1. The molecule has 3 rings (SSSR count). The van der Waals surface area contributed by atoms with Crippen LogP contribution in [0, 0.1) is 6.92 Å². The molecule has 1 aliphatic heterocycles. The van der Waals surface area contributed by atoms with Gasteiger partial charge in [0.05, 0.1) is 0 Å². The van der Waals surface area contributed by atoms with Crippen LogP contribution >= 0.6 is 0 Å². The lowest BCUT2D eigenvalue weighted by molar-refractivity contribution is 0.0663. The van der Waals surface area contributed by atoms with Crippen LogP contribution in [0.3, 0.4) is 0 Å². The van der Waals surface area contributed by atoms with Crippen LogP contribution in [0.1, 0.15) is 5.56 Å². The van der Waals surface area contributed by atoms with Gasteiger partial charge in [-0.15, -0.1) is 0 Å². The van der Waals surface area contributed by atoms with E-state index >= 15 is 0 Å². The van der Waals surface area contributed by atoms with E-state index < -0.39 is 12.1 Å². The van der Waals surface area contributed by atoms with Crippen LogP contribution in [0.4, 0.5) is 16.2 Å². The summed E-state index contributed by atoms with van der Waals surface area (Å²) in [5, 5.41) is 12.8. The molecule has 1 fully saturated rings. The summed E-state index contributed by atoms with van der Waals surface area (Å²) in [5.74, 6) is 0.637. The van der Waals surface area contributed by atoms with Crippen LogP contribution < -0.4 is 20.7 Å². The van der Waals surface area contributed by atoms with Gasteiger partial charge in [-0.05, 0) is 42.8 Å². The Balaban J connectivity index is 1.40. The highest BCUT2D eigenvalue weighted by molar-refractivity contribution is 5.87. The van der Waals surface area contributed by atoms with Crippen molar-refractivity contribution in [2.75, 3.05) is 49.5 Å². The second kappa shape index (κ2) is 9.43. The number of rotatable bonds is 7. The summed E-state index contributed by atoms with van der Waals surface area (Å²) in [6.45, 7) is 6.68. The van der Waals surface area contributed by atoms with Crippen molar-refractivity contribution in [3.8, 4) is 5.75 Å². The summed E-state index contributed by atoms with van der Waals surface area (Å²) < 4.78 is 5.64. The number of amides is 2. The molecular weight excluding hydrogens is 356 g/mol. The van der Waals surface area contributed by atoms with Gasteiger partial charge in [0.25, 0.3) is 0 Å². The first kappa shape index (κ1) is 20.0. The van der Waals surface area contributed by atoms with Crippen molar-refractivity contribution >= 4 is 17.4 Å². The zero-order valence-electron chi connectivity index (χ0n) is 16.2. The number of anilines is 2. The summed E-state index contributed by atoms with van der Waals surface area (Å²) in [7, 11) is 0. The Morgan fingerprint density at radius 2 is 1.82 bits per heavy atom. The fourth-order valence-electron chi connectivity index (χ4n) is 3.41. The minimum absolute atomic E-state index is 0.223. The van der Waals surface area contributed by atoms with E-state index in [4.69, 9.17) is 10.5 Å². The minimum atomic E-state index is -0.605. The van der Waals surface area contributed by atoms with Gasteiger partial charge in [0, 0.05) is 44.1 Å². The molecule has 7 heteroatoms. The molecule has 4 N–H and O–H groups in total. The Morgan fingerprint density at radius 3 is 2.46 bits per heavy atom. The summed E-state index contributed by atoms with van der Waals surface area (Å²) in [4.78, 5) is 15.5. The van der Waals surface area contributed by atoms with Crippen LogP contribution in [-0.4, -0.2) is 61.5 Å². The van der Waals surface area contributed by atoms with Gasteiger partial charge in [-0.3, -0.25) is 4.90 Å². The summed E-state index contributed by atoms with van der Waals surface area (Å²) in [6.07, 6.45) is -0.562. The number of β-amino-alcohol motifs (C(OH)–C–C–N with tert-alkyl or cyclic N) is 1. The first-order chi connectivity index (χ1) is 13.5. The van der Waals surface area contributed by atoms with E-state index in [-0.39, 0.29) is 6.61 Å². The predicted molar refractivity (Wildman–Crippen MR) is 111 cm³/mol. The highest BCUT2D eigenvalue weighted by Gasteiger charge is 2.20. The number of carbonyl (C=O) groups excluding carboxylic acids is 1. The number of primary amides is 1. The Morgan fingerprint density at radius 1 is 1.14 bits per heavy atom. The highest BCUT2D eigenvalue weighted by Crippen LogP contribution is 2.21. The number of aryl methyl sites for hydroxylation is 1. The first-order valence-corrected chi connectivity index (χ1v) is 9.51. The molecule has 0 aromatic heterocycles. The fourth-order valence-corrected chi connectivity index (χ4v) is 3.41. The highest BCUT2D eigenvalue weighted by atomic mass is 16.5. The maximum absolute atomic E-state index is 10.8. The Bertz CT molecular complexity index is 773. The number of aliphatic hydroxyl groups excluding tert-OH is 1. The molecule has 0 spiro atoms. The standard InChI is InChI=1S/C21H28N4O3/c1-16-4-2-3-5-20(16)25-12-10-24(11-13-25)14-18(26)15-28-19-8-6-17(7-9-19)23-21(22)27/h2-9,18,26H,10-15H2,1H3,(H3,22,23,27)/t18-/m0/s1. The van der Waals surface area contributed by atoms with Gasteiger partial charge in [-0.1, -0.05) is 18.2 Å². The number of hydrogen-bond donors (Lipinski definition) is 3. The van der Waals surface area contributed by atoms with E-state index in [9.17, 15) is 9.90 Å². The van der Waals surface area contributed by atoms with Gasteiger partial charge in [0.15, 0.2) is 0 Å². The maximum Gasteiger partial charge on any atom is 0.316 e. The monoisotopic (exact) mass is 384 g/mol. The molecule has 1 atom stereocenters. The van der Waals surface area contributed by atoms with E-state index in [1.807, 2.05) is 0 Å². The SMILES string of the molecule is Cc1ccccc1N1CCN(C[C@H](O)COc2ccc(NC(N)=O)cc2)CC1. The van der Waals surface area contributed by atoms with E-state index in [0.29, 0.717) is 18.0 Å². The number of ether oxygens (including phenoxy) is 1. The number of benzene rings is 2. The molecule has 2 amide bonds. The number of nitrogens with two attached hydrogens (primary N) is 1. The number of piperazine rings is 1. The van der Waals surface area contributed by atoms with E-state index in [1.165, 1.54) is 11.3 Å². The van der Waals surface area contributed by atoms with Gasteiger partial charge in [-0.25, -0.2) is 4.79 Å². The van der Waals surface area contributed by atoms with E-state index in [1.54, 1.807) is 24.3 Å². The average Bonchev–Trinajstić information content (AvgIpc) is 2.68. The maximum atomic E-state index is 10.8. The molecule has 150 valence electrons. The Hall–Kier alpha value is -2.77. The van der Waals surface area contributed by atoms with E-state index in [2.05, 4.69) is 46.3 Å². The Kier molecular flexibility index (Phi) is 6.73. The second-order valence-corrected chi connectivity index (χ2v) is 7.05. The molecule has 1 heterocycles. The number of nitrogens with zero attached hydrogens (tertiary/aromatic N) is 2. The minimum Gasteiger partial charge on any atom is -0.491 e. The number of nitrogens with one attached hydrogen (secondary N) is 1. The number of para-hydroxylation sites is 1. The quantitative estimate of drug-likeness (QED) is 0.680. The van der Waals surface area contributed by atoms with Crippen molar-refractivity contribution < 1.29 is 14.6 Å². The largest absolute Gasteiger partial charge is 0.491 e. The molecule has 0 radical (unpaired) electrons. The molecule has 0 aliphatic carbocycles. The van der Waals surface area contributed by atoms with Crippen molar-refractivity contribution in [3.05, 3.63) is 54.1 Å². The number of hydrogen-bond acceptors (Lipinski definition) is 5. The molecule has 28 heavy (non-hydrogen) atoms. The lowest BCUT2D eigenvalue weighted by atomic mass is 10.1. The van der Waals surface area contributed by atoms with Crippen LogP contribution in [0.2, 0.25) is 0 Å². The molecule has 1 aliphatic rings. The second-order valence-electron chi connectivity index (χ2n) is 7.05. The number of carbonyl (C=O) groups is 1. The molecule has 1 saturated heterocycles. The van der Waals surface area contributed by atoms with Gasteiger partial charge < -0.3 is 25.8 Å². The van der Waals surface area contributed by atoms with Crippen molar-refractivity contribution in [1.82, 2.24) is 4.90 Å². The summed E-state index contributed by atoms with van der Waals surface area (Å²) in [6, 6.07) is 14.7. The molecule has 0 unspecified atom stereocenters. The molecule has 0 bridgehead atoms. The topological polar surface area (TPSA) is 91.1 Å². The van der Waals surface area contributed by atoms with Crippen LogP contribution in [0.15, 0.2) is 48.5 Å². The normalized spacial score (nSPS) is 15.9. The van der Waals surface area contributed by atoms with Crippen LogP contribution in [-0.2, 0) is 0 Å². The molecule has 2 aromatic rings. The lowest BCUT2D eigenvalue weighted by Gasteiger charge is -2.37. The molecule has 0 saturated carbocycles. The van der Waals surface area contributed by atoms with Crippen molar-refractivity contribution in [2.24, 2.45) is 5.73 Å². The molecule has 7 nitrogen and oxygen atoms in total. The van der Waals surface area contributed by atoms with Crippen molar-refractivity contribution in [1.29, 1.82) is 0 Å². The zero-order valence-corrected chi connectivity index (χ0v) is 16.2.